The molecule has 1 heterocycles. The molecule has 0 radical (unpaired) electrons. The Kier molecular flexibility index (Phi) is 3.02. The second kappa shape index (κ2) is 3.84. The van der Waals surface area contributed by atoms with Gasteiger partial charge in [-0.05, 0) is 6.42 Å². The van der Waals surface area contributed by atoms with E-state index in [4.69, 9.17) is 16.2 Å². The van der Waals surface area contributed by atoms with Crippen molar-refractivity contribution in [2.75, 3.05) is 19.7 Å². The summed E-state index contributed by atoms with van der Waals surface area (Å²) < 4.78 is 0. The summed E-state index contributed by atoms with van der Waals surface area (Å²) in [4.78, 5) is 1.83. The Morgan fingerprint density at radius 3 is 2.83 bits per heavy atom. The molecule has 2 unspecified atom stereocenters. The van der Waals surface area contributed by atoms with E-state index in [1.54, 1.807) is 0 Å². The molecular formula is C7H15N3O2. The minimum absolute atomic E-state index is 0.0182. The second-order valence-electron chi connectivity index (χ2n) is 3.18. The molecule has 1 aliphatic heterocycles. The monoisotopic (exact) mass is 173 g/mol. The van der Waals surface area contributed by atoms with Gasteiger partial charge < -0.3 is 15.9 Å². The predicted molar refractivity (Wildman–Crippen MR) is 45.0 cm³/mol. The summed E-state index contributed by atoms with van der Waals surface area (Å²) in [5.41, 5.74) is 5.21. The van der Waals surface area contributed by atoms with Crippen LogP contribution >= 0.6 is 0 Å². The summed E-state index contributed by atoms with van der Waals surface area (Å²) in [5, 5.41) is 25.2. The van der Waals surface area contributed by atoms with Crippen LogP contribution in [-0.2, 0) is 0 Å². The summed E-state index contributed by atoms with van der Waals surface area (Å²) in [7, 11) is 0. The Morgan fingerprint density at radius 2 is 2.33 bits per heavy atom. The number of nitrogens with one attached hydrogen (secondary N) is 1. The molecule has 0 spiro atoms. The van der Waals surface area contributed by atoms with Crippen LogP contribution in [-0.4, -0.2) is 52.8 Å². The van der Waals surface area contributed by atoms with Crippen molar-refractivity contribution in [3.8, 4) is 0 Å². The fourth-order valence-corrected chi connectivity index (χ4v) is 1.56. The Hall–Kier alpha value is -0.650. The average Bonchev–Trinajstić information content (AvgIpc) is 2.29. The number of hydrogen-bond acceptors (Lipinski definition) is 4. The number of amidine groups is 1. The Labute approximate surface area is 71.3 Å². The first-order chi connectivity index (χ1) is 5.63. The highest BCUT2D eigenvalue weighted by molar-refractivity contribution is 5.79. The average molecular weight is 173 g/mol. The van der Waals surface area contributed by atoms with Gasteiger partial charge in [0.15, 0.2) is 0 Å². The van der Waals surface area contributed by atoms with E-state index in [9.17, 15) is 5.11 Å². The van der Waals surface area contributed by atoms with E-state index in [-0.39, 0.29) is 24.6 Å². The van der Waals surface area contributed by atoms with Gasteiger partial charge in [-0.3, -0.25) is 10.3 Å². The lowest BCUT2D eigenvalue weighted by Gasteiger charge is -2.20. The second-order valence-corrected chi connectivity index (χ2v) is 3.18. The summed E-state index contributed by atoms with van der Waals surface area (Å²) in [5.74, 6) is 0.0718. The molecule has 0 aromatic heterocycles. The molecule has 12 heavy (non-hydrogen) atoms. The molecule has 1 rings (SSSR count). The van der Waals surface area contributed by atoms with Crippen LogP contribution in [0.15, 0.2) is 0 Å². The van der Waals surface area contributed by atoms with Crippen molar-refractivity contribution in [2.45, 2.75) is 18.6 Å². The van der Waals surface area contributed by atoms with Gasteiger partial charge in [-0.15, -0.1) is 0 Å². The van der Waals surface area contributed by atoms with Gasteiger partial charge in [0.05, 0.1) is 19.3 Å². The summed E-state index contributed by atoms with van der Waals surface area (Å²) in [6.45, 7) is 0.859. The molecule has 70 valence electrons. The Bertz CT molecular complexity index is 174. The highest BCUT2D eigenvalue weighted by Crippen LogP contribution is 2.16. The minimum atomic E-state index is -0.388. The first kappa shape index (κ1) is 9.44. The summed E-state index contributed by atoms with van der Waals surface area (Å²) in [6.07, 6.45) is 0.186. The smallest absolute Gasteiger partial charge is 0.105 e. The molecule has 5 heteroatoms. The van der Waals surface area contributed by atoms with Crippen LogP contribution in [0.25, 0.3) is 0 Å². The SMILES string of the molecule is N=C(N)CN1CC(O)CC1CO. The van der Waals surface area contributed by atoms with Crippen LogP contribution in [0, 0.1) is 5.41 Å². The topological polar surface area (TPSA) is 93.6 Å². The highest BCUT2D eigenvalue weighted by Gasteiger charge is 2.30. The molecular weight excluding hydrogens is 158 g/mol. The molecule has 0 aromatic carbocycles. The van der Waals surface area contributed by atoms with Gasteiger partial charge in [0.1, 0.15) is 5.84 Å². The molecule has 5 nitrogen and oxygen atoms in total. The Balaban J connectivity index is 2.46. The maximum Gasteiger partial charge on any atom is 0.105 e. The molecule has 2 atom stereocenters. The highest BCUT2D eigenvalue weighted by atomic mass is 16.3. The minimum Gasteiger partial charge on any atom is -0.395 e. The number of hydrogen-bond donors (Lipinski definition) is 4. The molecule has 5 N–H and O–H groups in total. The van der Waals surface area contributed by atoms with Crippen LogP contribution < -0.4 is 5.73 Å². The number of nitrogens with zero attached hydrogens (tertiary/aromatic N) is 1. The molecule has 0 bridgehead atoms. The fourth-order valence-electron chi connectivity index (χ4n) is 1.56. The number of β-amino-alcohol motifs (C(OH)–C–C–N with tert-alkyl or cyclic N) is 1. The quantitative estimate of drug-likeness (QED) is 0.304. The number of aliphatic hydroxyl groups excluding tert-OH is 2. The van der Waals surface area contributed by atoms with Crippen LogP contribution in [0.1, 0.15) is 6.42 Å². The summed E-state index contributed by atoms with van der Waals surface area (Å²) in [6, 6.07) is -0.0381. The van der Waals surface area contributed by atoms with Crippen molar-refractivity contribution in [3.63, 3.8) is 0 Å². The number of aliphatic hydroxyl groups is 2. The third-order valence-electron chi connectivity index (χ3n) is 2.09. The van der Waals surface area contributed by atoms with E-state index in [2.05, 4.69) is 0 Å². The van der Waals surface area contributed by atoms with Gasteiger partial charge in [0.2, 0.25) is 0 Å². The van der Waals surface area contributed by atoms with E-state index in [1.165, 1.54) is 0 Å². The van der Waals surface area contributed by atoms with Crippen LogP contribution in [0.5, 0.6) is 0 Å². The van der Waals surface area contributed by atoms with E-state index in [0.29, 0.717) is 19.5 Å². The molecule has 0 amide bonds. The zero-order chi connectivity index (χ0) is 9.14. The summed E-state index contributed by atoms with van der Waals surface area (Å²) >= 11 is 0. The predicted octanol–water partition coefficient (Wildman–Crippen LogP) is -1.65. The molecule has 0 aromatic rings. The largest absolute Gasteiger partial charge is 0.395 e. The zero-order valence-corrected chi connectivity index (χ0v) is 6.90. The van der Waals surface area contributed by atoms with Crippen LogP contribution in [0.2, 0.25) is 0 Å². The maximum absolute atomic E-state index is 9.25. The van der Waals surface area contributed by atoms with Crippen molar-refractivity contribution < 1.29 is 10.2 Å². The van der Waals surface area contributed by atoms with Crippen LogP contribution in [0.4, 0.5) is 0 Å². The lowest BCUT2D eigenvalue weighted by atomic mass is 10.2. The lowest BCUT2D eigenvalue weighted by molar-refractivity contribution is 0.171. The molecule has 1 fully saturated rings. The zero-order valence-electron chi connectivity index (χ0n) is 6.90. The first-order valence-corrected chi connectivity index (χ1v) is 3.99. The van der Waals surface area contributed by atoms with Gasteiger partial charge >= 0.3 is 0 Å². The van der Waals surface area contributed by atoms with Crippen LogP contribution in [0.3, 0.4) is 0 Å². The molecule has 1 aliphatic rings. The molecule has 0 aliphatic carbocycles. The van der Waals surface area contributed by atoms with E-state index < -0.39 is 0 Å². The number of rotatable bonds is 3. The van der Waals surface area contributed by atoms with E-state index >= 15 is 0 Å². The third kappa shape index (κ3) is 2.17. The first-order valence-electron chi connectivity index (χ1n) is 3.99. The van der Waals surface area contributed by atoms with E-state index in [1.807, 2.05) is 4.90 Å². The van der Waals surface area contributed by atoms with Gasteiger partial charge in [0, 0.05) is 12.6 Å². The van der Waals surface area contributed by atoms with Gasteiger partial charge in [-0.2, -0.15) is 0 Å². The molecule has 0 saturated carbocycles. The van der Waals surface area contributed by atoms with E-state index in [0.717, 1.165) is 0 Å². The fraction of sp³-hybridized carbons (Fsp3) is 0.857. The van der Waals surface area contributed by atoms with Crippen molar-refractivity contribution in [1.82, 2.24) is 4.90 Å². The van der Waals surface area contributed by atoms with Gasteiger partial charge in [-0.25, -0.2) is 0 Å². The molecule has 1 saturated heterocycles. The van der Waals surface area contributed by atoms with Crippen molar-refractivity contribution in [2.24, 2.45) is 5.73 Å². The Morgan fingerprint density at radius 1 is 1.67 bits per heavy atom. The third-order valence-corrected chi connectivity index (χ3v) is 2.09. The van der Waals surface area contributed by atoms with Gasteiger partial charge in [0.25, 0.3) is 0 Å². The number of nitrogens with two attached hydrogens (primary N) is 1. The van der Waals surface area contributed by atoms with Gasteiger partial charge in [-0.1, -0.05) is 0 Å². The standard InChI is InChI=1S/C7H15N3O2/c8-7(9)3-10-2-6(12)1-5(10)4-11/h5-6,11-12H,1-4H2,(H3,8,9). The maximum atomic E-state index is 9.25. The lowest BCUT2D eigenvalue weighted by Crippen LogP contribution is -2.38. The number of likely N-dealkylation sites (tertiary alicyclic amines) is 1. The van der Waals surface area contributed by atoms with Crippen molar-refractivity contribution >= 4 is 5.84 Å². The van der Waals surface area contributed by atoms with Crippen molar-refractivity contribution in [3.05, 3.63) is 0 Å². The normalized spacial score (nSPS) is 30.8. The van der Waals surface area contributed by atoms with Crippen molar-refractivity contribution in [1.29, 1.82) is 5.41 Å².